The molecule has 0 aromatic heterocycles. The van der Waals surface area contributed by atoms with Gasteiger partial charge in [-0.05, 0) is 42.9 Å². The van der Waals surface area contributed by atoms with E-state index in [0.29, 0.717) is 6.42 Å². The van der Waals surface area contributed by atoms with Crippen molar-refractivity contribution in [3.05, 3.63) is 34.1 Å². The Bertz CT molecular complexity index is 447. The Morgan fingerprint density at radius 2 is 2.11 bits per heavy atom. The number of carbonyl (C=O) groups is 1. The van der Waals surface area contributed by atoms with Crippen molar-refractivity contribution in [1.29, 1.82) is 0 Å². The number of hydrogen-bond acceptors (Lipinski definition) is 1. The molecule has 2 atom stereocenters. The summed E-state index contributed by atoms with van der Waals surface area (Å²) in [4.78, 5) is 11.2. The van der Waals surface area contributed by atoms with E-state index in [1.165, 1.54) is 12.1 Å². The van der Waals surface area contributed by atoms with Crippen LogP contribution in [0.5, 0.6) is 0 Å². The third kappa shape index (κ3) is 3.10. The number of carboxylic acid groups (broad SMARTS) is 1. The second-order valence-electron chi connectivity index (χ2n) is 4.93. The fraction of sp³-hybridized carbons (Fsp3) is 0.500. The summed E-state index contributed by atoms with van der Waals surface area (Å²) in [7, 11) is 0. The van der Waals surface area contributed by atoms with Crippen LogP contribution in [-0.2, 0) is 11.2 Å². The highest BCUT2D eigenvalue weighted by Gasteiger charge is 2.30. The van der Waals surface area contributed by atoms with E-state index < -0.39 is 5.97 Å². The highest BCUT2D eigenvalue weighted by atomic mass is 79.9. The van der Waals surface area contributed by atoms with E-state index in [9.17, 15) is 14.3 Å². The van der Waals surface area contributed by atoms with Gasteiger partial charge >= 0.3 is 5.97 Å². The Kier molecular flexibility index (Phi) is 4.38. The Morgan fingerprint density at radius 1 is 1.39 bits per heavy atom. The van der Waals surface area contributed by atoms with Crippen molar-refractivity contribution < 1.29 is 14.3 Å². The molecular weight excluding hydrogens is 299 g/mol. The molecule has 18 heavy (non-hydrogen) atoms. The topological polar surface area (TPSA) is 37.3 Å². The van der Waals surface area contributed by atoms with Gasteiger partial charge in [0.15, 0.2) is 0 Å². The van der Waals surface area contributed by atoms with Crippen molar-refractivity contribution in [2.24, 2.45) is 11.8 Å². The lowest BCUT2D eigenvalue weighted by atomic mass is 9.76. The van der Waals surface area contributed by atoms with Gasteiger partial charge in [0.25, 0.3) is 0 Å². The van der Waals surface area contributed by atoms with Crippen LogP contribution in [0, 0.1) is 17.7 Å². The van der Waals surface area contributed by atoms with E-state index in [4.69, 9.17) is 0 Å². The van der Waals surface area contributed by atoms with Crippen LogP contribution in [-0.4, -0.2) is 11.1 Å². The molecule has 0 amide bonds. The first-order valence-electron chi connectivity index (χ1n) is 6.24. The maximum atomic E-state index is 13.0. The Morgan fingerprint density at radius 3 is 2.78 bits per heavy atom. The SMILES string of the molecule is O=C(O)C1CCCCC1Cc1ccc(F)cc1Br. The molecule has 2 nitrogen and oxygen atoms in total. The Hall–Kier alpha value is -0.900. The van der Waals surface area contributed by atoms with Crippen molar-refractivity contribution in [1.82, 2.24) is 0 Å². The summed E-state index contributed by atoms with van der Waals surface area (Å²) < 4.78 is 13.7. The van der Waals surface area contributed by atoms with Crippen LogP contribution < -0.4 is 0 Å². The number of aliphatic carboxylic acids is 1. The molecule has 4 heteroatoms. The van der Waals surface area contributed by atoms with Crippen molar-refractivity contribution >= 4 is 21.9 Å². The average Bonchev–Trinajstić information content (AvgIpc) is 2.33. The molecule has 1 fully saturated rings. The van der Waals surface area contributed by atoms with E-state index in [0.717, 1.165) is 35.7 Å². The summed E-state index contributed by atoms with van der Waals surface area (Å²) >= 11 is 3.34. The highest BCUT2D eigenvalue weighted by Crippen LogP contribution is 2.34. The summed E-state index contributed by atoms with van der Waals surface area (Å²) in [6.45, 7) is 0. The predicted octanol–water partition coefficient (Wildman–Crippen LogP) is 4.02. The van der Waals surface area contributed by atoms with Crippen LogP contribution >= 0.6 is 15.9 Å². The Labute approximate surface area is 114 Å². The second kappa shape index (κ2) is 5.83. The number of carboxylic acids is 1. The van der Waals surface area contributed by atoms with Gasteiger partial charge in [0.2, 0.25) is 0 Å². The van der Waals surface area contributed by atoms with Crippen molar-refractivity contribution in [3.8, 4) is 0 Å². The number of rotatable bonds is 3. The lowest BCUT2D eigenvalue weighted by Gasteiger charge is -2.28. The molecule has 1 N–H and O–H groups in total. The number of halogens is 2. The largest absolute Gasteiger partial charge is 0.481 e. The Balaban J connectivity index is 2.13. The van der Waals surface area contributed by atoms with Crippen molar-refractivity contribution in [3.63, 3.8) is 0 Å². The van der Waals surface area contributed by atoms with Gasteiger partial charge in [-0.1, -0.05) is 34.8 Å². The molecule has 1 saturated carbocycles. The third-order valence-electron chi connectivity index (χ3n) is 3.72. The third-order valence-corrected chi connectivity index (χ3v) is 4.46. The standard InChI is InChI=1S/C14H16BrFO2/c15-13-8-11(16)6-5-10(13)7-9-3-1-2-4-12(9)14(17)18/h5-6,8-9,12H,1-4,7H2,(H,17,18). The number of benzene rings is 1. The van der Waals surface area contributed by atoms with Crippen LogP contribution in [0.4, 0.5) is 4.39 Å². The smallest absolute Gasteiger partial charge is 0.306 e. The summed E-state index contributed by atoms with van der Waals surface area (Å²) in [5, 5.41) is 9.23. The van der Waals surface area contributed by atoms with Gasteiger partial charge in [-0.25, -0.2) is 4.39 Å². The lowest BCUT2D eigenvalue weighted by molar-refractivity contribution is -0.144. The fourth-order valence-electron chi connectivity index (χ4n) is 2.75. The minimum Gasteiger partial charge on any atom is -0.481 e. The summed E-state index contributed by atoms with van der Waals surface area (Å²) in [6, 6.07) is 4.61. The van der Waals surface area contributed by atoms with Crippen LogP contribution in [0.2, 0.25) is 0 Å². The van der Waals surface area contributed by atoms with Crippen molar-refractivity contribution in [2.45, 2.75) is 32.1 Å². The molecule has 2 rings (SSSR count). The summed E-state index contributed by atoms with van der Waals surface area (Å²) in [6.07, 6.45) is 4.50. The zero-order valence-electron chi connectivity index (χ0n) is 10.0. The van der Waals surface area contributed by atoms with E-state index in [1.807, 2.05) is 0 Å². The van der Waals surface area contributed by atoms with Gasteiger partial charge in [0.05, 0.1) is 5.92 Å². The van der Waals surface area contributed by atoms with Crippen LogP contribution in [0.3, 0.4) is 0 Å². The van der Waals surface area contributed by atoms with Gasteiger partial charge < -0.3 is 5.11 Å². The molecular formula is C14H16BrFO2. The van der Waals surface area contributed by atoms with Gasteiger partial charge in [0.1, 0.15) is 5.82 Å². The van der Waals surface area contributed by atoms with E-state index in [-0.39, 0.29) is 17.7 Å². The van der Waals surface area contributed by atoms with Crippen LogP contribution in [0.25, 0.3) is 0 Å². The molecule has 1 aliphatic carbocycles. The fourth-order valence-corrected chi connectivity index (χ4v) is 3.26. The lowest BCUT2D eigenvalue weighted by Crippen LogP contribution is -2.28. The maximum Gasteiger partial charge on any atom is 0.306 e. The normalized spacial score (nSPS) is 23.9. The molecule has 0 bridgehead atoms. The van der Waals surface area contributed by atoms with E-state index in [2.05, 4.69) is 15.9 Å². The summed E-state index contributed by atoms with van der Waals surface area (Å²) in [5.74, 6) is -1.06. The quantitative estimate of drug-likeness (QED) is 0.914. The van der Waals surface area contributed by atoms with E-state index >= 15 is 0 Å². The monoisotopic (exact) mass is 314 g/mol. The second-order valence-corrected chi connectivity index (χ2v) is 5.78. The molecule has 0 saturated heterocycles. The van der Waals surface area contributed by atoms with E-state index in [1.54, 1.807) is 6.07 Å². The predicted molar refractivity (Wildman–Crippen MR) is 70.9 cm³/mol. The first-order valence-corrected chi connectivity index (χ1v) is 7.04. The van der Waals surface area contributed by atoms with Gasteiger partial charge in [-0.15, -0.1) is 0 Å². The minimum absolute atomic E-state index is 0.165. The molecule has 0 spiro atoms. The maximum absolute atomic E-state index is 13.0. The highest BCUT2D eigenvalue weighted by molar-refractivity contribution is 9.10. The molecule has 1 aromatic rings. The van der Waals surface area contributed by atoms with Gasteiger partial charge in [0, 0.05) is 4.47 Å². The first kappa shape index (κ1) is 13.5. The molecule has 0 heterocycles. The van der Waals surface area contributed by atoms with Crippen molar-refractivity contribution in [2.75, 3.05) is 0 Å². The summed E-state index contributed by atoms with van der Waals surface area (Å²) in [5.41, 5.74) is 0.995. The average molecular weight is 315 g/mol. The molecule has 0 aliphatic heterocycles. The number of hydrogen-bond donors (Lipinski definition) is 1. The molecule has 1 aromatic carbocycles. The van der Waals surface area contributed by atoms with Gasteiger partial charge in [-0.2, -0.15) is 0 Å². The van der Waals surface area contributed by atoms with Crippen LogP contribution in [0.15, 0.2) is 22.7 Å². The zero-order chi connectivity index (χ0) is 13.1. The molecule has 2 unspecified atom stereocenters. The van der Waals surface area contributed by atoms with Crippen LogP contribution in [0.1, 0.15) is 31.2 Å². The molecule has 98 valence electrons. The molecule has 0 radical (unpaired) electrons. The molecule has 1 aliphatic rings. The minimum atomic E-state index is -0.696. The van der Waals surface area contributed by atoms with Gasteiger partial charge in [-0.3, -0.25) is 4.79 Å². The first-order chi connectivity index (χ1) is 8.58. The zero-order valence-corrected chi connectivity index (χ0v) is 11.6.